The van der Waals surface area contributed by atoms with Crippen LogP contribution in [0.25, 0.3) is 0 Å². The van der Waals surface area contributed by atoms with E-state index in [0.29, 0.717) is 5.75 Å². The van der Waals surface area contributed by atoms with Crippen LogP contribution in [0.5, 0.6) is 5.75 Å². The molecular formula is C16H15N3O6S. The Kier molecular flexibility index (Phi) is 6.92. The summed E-state index contributed by atoms with van der Waals surface area (Å²) >= 11 is 0.984. The first kappa shape index (κ1) is 19.2. The molecule has 1 aliphatic rings. The molecule has 1 amide bonds. The summed E-state index contributed by atoms with van der Waals surface area (Å²) in [4.78, 5) is 34.0. The van der Waals surface area contributed by atoms with Gasteiger partial charge in [-0.1, -0.05) is 0 Å². The molecular weight excluding hydrogens is 362 g/mol. The van der Waals surface area contributed by atoms with Gasteiger partial charge in [-0.25, -0.2) is 9.59 Å². The first-order chi connectivity index (χ1) is 12.5. The molecule has 0 aliphatic carbocycles. The van der Waals surface area contributed by atoms with Crippen LogP contribution in [-0.2, 0) is 23.9 Å². The summed E-state index contributed by atoms with van der Waals surface area (Å²) in [6.45, 7) is -0.171. The fourth-order valence-electron chi connectivity index (χ4n) is 1.64. The maximum Gasteiger partial charge on any atom is 0.343 e. The number of amides is 1. The monoisotopic (exact) mass is 377 g/mol. The van der Waals surface area contributed by atoms with E-state index in [1.165, 1.54) is 20.4 Å². The van der Waals surface area contributed by atoms with Gasteiger partial charge in [0.15, 0.2) is 11.8 Å². The first-order valence-electron chi connectivity index (χ1n) is 7.21. The zero-order chi connectivity index (χ0) is 18.9. The smallest absolute Gasteiger partial charge is 0.343 e. The highest BCUT2D eigenvalue weighted by Gasteiger charge is 2.24. The minimum absolute atomic E-state index is 0.171. The SMILES string of the molecule is COC(=O)/C=C1/S/C(=N\N=Cc2ccc(OCC(=O)OC)cc2)NC1=O. The van der Waals surface area contributed by atoms with Crippen molar-refractivity contribution in [2.75, 3.05) is 20.8 Å². The Morgan fingerprint density at radius 3 is 2.58 bits per heavy atom. The van der Waals surface area contributed by atoms with Crippen LogP contribution in [0.4, 0.5) is 0 Å². The number of esters is 2. The van der Waals surface area contributed by atoms with E-state index in [9.17, 15) is 14.4 Å². The van der Waals surface area contributed by atoms with Crippen molar-refractivity contribution < 1.29 is 28.6 Å². The second-order valence-electron chi connectivity index (χ2n) is 4.67. The molecule has 2 rings (SSSR count). The van der Waals surface area contributed by atoms with Crippen LogP contribution in [0.2, 0.25) is 0 Å². The zero-order valence-electron chi connectivity index (χ0n) is 13.9. The molecule has 0 saturated carbocycles. The second-order valence-corrected chi connectivity index (χ2v) is 5.70. The van der Waals surface area contributed by atoms with Crippen molar-refractivity contribution in [2.45, 2.75) is 0 Å². The molecule has 0 unspecified atom stereocenters. The van der Waals surface area contributed by atoms with Crippen molar-refractivity contribution in [2.24, 2.45) is 10.2 Å². The number of benzene rings is 1. The summed E-state index contributed by atoms with van der Waals surface area (Å²) in [5.41, 5.74) is 0.736. The molecule has 1 fully saturated rings. The van der Waals surface area contributed by atoms with Gasteiger partial charge in [0, 0.05) is 6.08 Å². The van der Waals surface area contributed by atoms with E-state index in [0.717, 1.165) is 23.4 Å². The Bertz CT molecular complexity index is 786. The minimum atomic E-state index is -0.623. The Morgan fingerprint density at radius 1 is 1.19 bits per heavy atom. The van der Waals surface area contributed by atoms with Gasteiger partial charge < -0.3 is 14.2 Å². The molecule has 0 aromatic heterocycles. The van der Waals surface area contributed by atoms with Gasteiger partial charge in [-0.2, -0.15) is 5.10 Å². The van der Waals surface area contributed by atoms with E-state index >= 15 is 0 Å². The molecule has 1 saturated heterocycles. The van der Waals surface area contributed by atoms with E-state index in [1.807, 2.05) is 0 Å². The van der Waals surface area contributed by atoms with Crippen molar-refractivity contribution in [1.82, 2.24) is 5.32 Å². The van der Waals surface area contributed by atoms with Crippen LogP contribution in [0.15, 0.2) is 45.4 Å². The van der Waals surface area contributed by atoms with Gasteiger partial charge in [-0.3, -0.25) is 10.1 Å². The highest BCUT2D eigenvalue weighted by molar-refractivity contribution is 8.18. The largest absolute Gasteiger partial charge is 0.482 e. The summed E-state index contributed by atoms with van der Waals surface area (Å²) in [7, 11) is 2.51. The number of hydrogen-bond donors (Lipinski definition) is 1. The molecule has 1 aliphatic heterocycles. The lowest BCUT2D eigenvalue weighted by molar-refractivity contribution is -0.143. The van der Waals surface area contributed by atoms with Crippen molar-refractivity contribution in [3.63, 3.8) is 0 Å². The lowest BCUT2D eigenvalue weighted by atomic mass is 10.2. The van der Waals surface area contributed by atoms with E-state index in [-0.39, 0.29) is 16.7 Å². The summed E-state index contributed by atoms with van der Waals surface area (Å²) in [6, 6.07) is 6.78. The summed E-state index contributed by atoms with van der Waals surface area (Å²) < 4.78 is 14.2. The molecule has 26 heavy (non-hydrogen) atoms. The molecule has 10 heteroatoms. The van der Waals surface area contributed by atoms with Crippen molar-refractivity contribution >= 4 is 41.0 Å². The van der Waals surface area contributed by atoms with Gasteiger partial charge in [-0.05, 0) is 41.6 Å². The van der Waals surface area contributed by atoms with Crippen LogP contribution >= 0.6 is 11.8 Å². The molecule has 0 spiro atoms. The first-order valence-corrected chi connectivity index (χ1v) is 8.03. The van der Waals surface area contributed by atoms with Gasteiger partial charge >= 0.3 is 11.9 Å². The Labute approximate surface area is 153 Å². The highest BCUT2D eigenvalue weighted by Crippen LogP contribution is 2.23. The normalized spacial score (nSPS) is 16.8. The van der Waals surface area contributed by atoms with Crippen molar-refractivity contribution in [3.05, 3.63) is 40.8 Å². The number of nitrogens with one attached hydrogen (secondary N) is 1. The molecule has 136 valence electrons. The van der Waals surface area contributed by atoms with E-state index < -0.39 is 17.8 Å². The van der Waals surface area contributed by atoms with Crippen LogP contribution in [0.3, 0.4) is 0 Å². The van der Waals surface area contributed by atoms with E-state index in [4.69, 9.17) is 4.74 Å². The predicted octanol–water partition coefficient (Wildman–Crippen LogP) is 0.848. The van der Waals surface area contributed by atoms with E-state index in [1.54, 1.807) is 24.3 Å². The van der Waals surface area contributed by atoms with Crippen LogP contribution in [0, 0.1) is 0 Å². The molecule has 0 atom stereocenters. The number of carbonyl (C=O) groups is 3. The zero-order valence-corrected chi connectivity index (χ0v) is 14.7. The van der Waals surface area contributed by atoms with Gasteiger partial charge in [0.05, 0.1) is 25.3 Å². The Morgan fingerprint density at radius 2 is 1.92 bits per heavy atom. The minimum Gasteiger partial charge on any atom is -0.482 e. The molecule has 9 nitrogen and oxygen atoms in total. The summed E-state index contributed by atoms with van der Waals surface area (Å²) in [5.74, 6) is -1.03. The average molecular weight is 377 g/mol. The van der Waals surface area contributed by atoms with Gasteiger partial charge in [-0.15, -0.1) is 5.10 Å². The third kappa shape index (κ3) is 5.74. The van der Waals surface area contributed by atoms with Crippen molar-refractivity contribution in [3.8, 4) is 5.75 Å². The number of ether oxygens (including phenoxy) is 3. The van der Waals surface area contributed by atoms with Gasteiger partial charge in [0.1, 0.15) is 5.75 Å². The maximum atomic E-state index is 11.7. The Hall–Kier alpha value is -3.14. The number of carbonyl (C=O) groups excluding carboxylic acids is 3. The fraction of sp³-hybridized carbons (Fsp3) is 0.188. The lowest BCUT2D eigenvalue weighted by Gasteiger charge is -2.04. The predicted molar refractivity (Wildman–Crippen MR) is 94.8 cm³/mol. The molecule has 1 aromatic rings. The van der Waals surface area contributed by atoms with Gasteiger partial charge in [0.25, 0.3) is 5.91 Å². The molecule has 0 bridgehead atoms. The molecule has 0 radical (unpaired) electrons. The average Bonchev–Trinajstić information content (AvgIpc) is 2.99. The number of thioether (sulfide) groups is 1. The third-order valence-electron chi connectivity index (χ3n) is 2.92. The fourth-order valence-corrected chi connectivity index (χ4v) is 2.38. The topological polar surface area (TPSA) is 116 Å². The standard InChI is InChI=1S/C16H15N3O6S/c1-23-13(20)7-12-15(22)18-16(26-12)19-17-8-10-3-5-11(6-4-10)25-9-14(21)24-2/h3-8H,9H2,1-2H3,(H,18,19,22)/b12-7+,17-8?. The third-order valence-corrected chi connectivity index (χ3v) is 3.82. The number of rotatable bonds is 6. The summed E-state index contributed by atoms with van der Waals surface area (Å²) in [5, 5.41) is 10.5. The van der Waals surface area contributed by atoms with Crippen LogP contribution < -0.4 is 10.1 Å². The second kappa shape index (κ2) is 9.37. The quantitative estimate of drug-likeness (QED) is 0.338. The molecule has 1 heterocycles. The molecule has 1 N–H and O–H groups in total. The number of methoxy groups -OCH3 is 2. The summed E-state index contributed by atoms with van der Waals surface area (Å²) in [6.07, 6.45) is 2.56. The number of nitrogens with zero attached hydrogens (tertiary/aromatic N) is 2. The maximum absolute atomic E-state index is 11.7. The number of amidine groups is 1. The van der Waals surface area contributed by atoms with Crippen LogP contribution in [0.1, 0.15) is 5.56 Å². The van der Waals surface area contributed by atoms with E-state index in [2.05, 4.69) is 25.0 Å². The Balaban J connectivity index is 1.93. The van der Waals surface area contributed by atoms with Crippen molar-refractivity contribution in [1.29, 1.82) is 0 Å². The van der Waals surface area contributed by atoms with Gasteiger partial charge in [0.2, 0.25) is 0 Å². The lowest BCUT2D eigenvalue weighted by Crippen LogP contribution is -2.19. The molecule has 1 aromatic carbocycles. The highest BCUT2D eigenvalue weighted by atomic mass is 32.2. The number of hydrogen-bond acceptors (Lipinski definition) is 9. The van der Waals surface area contributed by atoms with Crippen LogP contribution in [-0.4, -0.2) is 50.1 Å².